The minimum absolute atomic E-state index is 0.0228. The highest BCUT2D eigenvalue weighted by atomic mass is 35.5. The number of thioether (sulfide) groups is 1. The van der Waals surface area contributed by atoms with Crippen molar-refractivity contribution < 1.29 is 32.6 Å². The van der Waals surface area contributed by atoms with E-state index in [0.29, 0.717) is 10.8 Å². The molecule has 0 saturated carbocycles. The molecule has 0 heterocycles. The van der Waals surface area contributed by atoms with E-state index < -0.39 is 18.5 Å². The zero-order valence-electron chi connectivity index (χ0n) is 15.5. The Morgan fingerprint density at radius 2 is 1.83 bits per heavy atom. The first-order valence-electron chi connectivity index (χ1n) is 8.21. The average molecular weight is 446 g/mol. The van der Waals surface area contributed by atoms with Crippen LogP contribution < -0.4 is 14.8 Å². The molecule has 0 unspecified atom stereocenters. The SMILES string of the molecule is COC(=O)c1cc(OC)c(OC(F)F)cc1NC(=O)CSCc1ccc(Cl)cc1. The van der Waals surface area contributed by atoms with Crippen LogP contribution in [-0.2, 0) is 15.3 Å². The number of halogens is 3. The molecule has 0 aromatic heterocycles. The number of hydrogen-bond donors (Lipinski definition) is 1. The largest absolute Gasteiger partial charge is 0.493 e. The summed E-state index contributed by atoms with van der Waals surface area (Å²) < 4.78 is 39.3. The molecular weight excluding hydrogens is 428 g/mol. The maximum atomic E-state index is 12.6. The monoisotopic (exact) mass is 445 g/mol. The number of amides is 1. The van der Waals surface area contributed by atoms with Gasteiger partial charge in [0.2, 0.25) is 5.91 Å². The molecule has 29 heavy (non-hydrogen) atoms. The van der Waals surface area contributed by atoms with Gasteiger partial charge in [-0.05, 0) is 17.7 Å². The van der Waals surface area contributed by atoms with E-state index in [1.54, 1.807) is 12.1 Å². The highest BCUT2D eigenvalue weighted by molar-refractivity contribution is 7.99. The Bertz CT molecular complexity index is 864. The second-order valence-electron chi connectivity index (χ2n) is 5.59. The number of methoxy groups -OCH3 is 2. The van der Waals surface area contributed by atoms with Gasteiger partial charge in [0.15, 0.2) is 11.5 Å². The topological polar surface area (TPSA) is 73.9 Å². The minimum Gasteiger partial charge on any atom is -0.493 e. The lowest BCUT2D eigenvalue weighted by molar-refractivity contribution is -0.113. The maximum Gasteiger partial charge on any atom is 0.387 e. The number of benzene rings is 2. The predicted octanol–water partition coefficient (Wildman–Crippen LogP) is 4.61. The summed E-state index contributed by atoms with van der Waals surface area (Å²) in [4.78, 5) is 24.3. The smallest absolute Gasteiger partial charge is 0.387 e. The summed E-state index contributed by atoms with van der Waals surface area (Å²) in [5.41, 5.74) is 0.909. The van der Waals surface area contributed by atoms with Gasteiger partial charge < -0.3 is 19.5 Å². The van der Waals surface area contributed by atoms with Crippen LogP contribution in [0.4, 0.5) is 14.5 Å². The summed E-state index contributed by atoms with van der Waals surface area (Å²) in [6.07, 6.45) is 0. The summed E-state index contributed by atoms with van der Waals surface area (Å²) in [6.45, 7) is -3.11. The lowest BCUT2D eigenvalue weighted by atomic mass is 10.1. The van der Waals surface area contributed by atoms with E-state index >= 15 is 0 Å². The highest BCUT2D eigenvalue weighted by Gasteiger charge is 2.21. The van der Waals surface area contributed by atoms with Crippen molar-refractivity contribution in [1.82, 2.24) is 0 Å². The van der Waals surface area contributed by atoms with Crippen molar-refractivity contribution in [3.63, 3.8) is 0 Å². The molecule has 0 spiro atoms. The van der Waals surface area contributed by atoms with Crippen LogP contribution in [0.25, 0.3) is 0 Å². The number of esters is 1. The molecule has 2 aromatic rings. The third kappa shape index (κ3) is 6.79. The first-order chi connectivity index (χ1) is 13.8. The molecule has 0 bridgehead atoms. The molecule has 1 amide bonds. The summed E-state index contributed by atoms with van der Waals surface area (Å²) in [6, 6.07) is 9.46. The first-order valence-corrected chi connectivity index (χ1v) is 9.74. The molecule has 0 radical (unpaired) electrons. The lowest BCUT2D eigenvalue weighted by Crippen LogP contribution is -2.18. The highest BCUT2D eigenvalue weighted by Crippen LogP contribution is 2.35. The van der Waals surface area contributed by atoms with E-state index in [9.17, 15) is 18.4 Å². The van der Waals surface area contributed by atoms with Gasteiger partial charge in [-0.25, -0.2) is 4.79 Å². The summed E-state index contributed by atoms with van der Waals surface area (Å²) in [7, 11) is 2.40. The normalized spacial score (nSPS) is 10.6. The number of nitrogens with one attached hydrogen (secondary N) is 1. The number of anilines is 1. The molecule has 0 aliphatic carbocycles. The lowest BCUT2D eigenvalue weighted by Gasteiger charge is -2.15. The number of rotatable bonds is 9. The third-order valence-electron chi connectivity index (χ3n) is 3.61. The van der Waals surface area contributed by atoms with Crippen molar-refractivity contribution in [3.05, 3.63) is 52.5 Å². The zero-order valence-corrected chi connectivity index (χ0v) is 17.1. The Hall–Kier alpha value is -2.52. The van der Waals surface area contributed by atoms with E-state index in [-0.39, 0.29) is 28.5 Å². The Morgan fingerprint density at radius 1 is 1.14 bits per heavy atom. The minimum atomic E-state index is -3.11. The van der Waals surface area contributed by atoms with Crippen LogP contribution in [0.5, 0.6) is 11.5 Å². The van der Waals surface area contributed by atoms with Crippen molar-refractivity contribution in [3.8, 4) is 11.5 Å². The van der Waals surface area contributed by atoms with Crippen molar-refractivity contribution in [2.75, 3.05) is 25.3 Å². The molecule has 2 rings (SSSR count). The molecule has 2 aromatic carbocycles. The number of hydrogen-bond acceptors (Lipinski definition) is 6. The van der Waals surface area contributed by atoms with Crippen molar-refractivity contribution >= 4 is 40.9 Å². The molecular formula is C19H18ClF2NO5S. The summed E-state index contributed by atoms with van der Waals surface area (Å²) in [5.74, 6) is -0.977. The van der Waals surface area contributed by atoms with E-state index in [1.165, 1.54) is 24.9 Å². The van der Waals surface area contributed by atoms with Crippen molar-refractivity contribution in [2.45, 2.75) is 12.4 Å². The van der Waals surface area contributed by atoms with E-state index in [4.69, 9.17) is 16.3 Å². The van der Waals surface area contributed by atoms with Crippen LogP contribution in [0.1, 0.15) is 15.9 Å². The Kier molecular flexibility index (Phi) is 8.53. The molecule has 156 valence electrons. The quantitative estimate of drug-likeness (QED) is 0.568. The standard InChI is InChI=1S/C19H18ClF2NO5S/c1-26-15-7-13(18(25)27-2)14(8-16(15)28-19(21)22)23-17(24)10-29-9-11-3-5-12(20)6-4-11/h3-8,19H,9-10H2,1-2H3,(H,23,24). The number of ether oxygens (including phenoxy) is 3. The van der Waals surface area contributed by atoms with Gasteiger partial charge in [0.05, 0.1) is 31.2 Å². The number of carbonyl (C=O) groups excluding carboxylic acids is 2. The van der Waals surface area contributed by atoms with Gasteiger partial charge in [-0.3, -0.25) is 4.79 Å². The Morgan fingerprint density at radius 3 is 2.41 bits per heavy atom. The van der Waals surface area contributed by atoms with Gasteiger partial charge in [-0.1, -0.05) is 23.7 Å². The van der Waals surface area contributed by atoms with Gasteiger partial charge in [0, 0.05) is 22.9 Å². The van der Waals surface area contributed by atoms with Crippen LogP contribution in [0.15, 0.2) is 36.4 Å². The van der Waals surface area contributed by atoms with Gasteiger partial charge >= 0.3 is 12.6 Å². The summed E-state index contributed by atoms with van der Waals surface area (Å²) >= 11 is 7.16. The molecule has 0 aliphatic rings. The Balaban J connectivity index is 2.12. The van der Waals surface area contributed by atoms with Crippen molar-refractivity contribution in [2.24, 2.45) is 0 Å². The second-order valence-corrected chi connectivity index (χ2v) is 7.01. The van der Waals surface area contributed by atoms with E-state index in [1.807, 2.05) is 12.1 Å². The molecule has 10 heteroatoms. The molecule has 0 saturated heterocycles. The first kappa shape index (κ1) is 22.8. The fourth-order valence-electron chi connectivity index (χ4n) is 2.32. The molecule has 0 fully saturated rings. The number of carbonyl (C=O) groups is 2. The number of alkyl halides is 2. The fourth-order valence-corrected chi connectivity index (χ4v) is 3.23. The van der Waals surface area contributed by atoms with Gasteiger partial charge in [0.25, 0.3) is 0 Å². The average Bonchev–Trinajstić information content (AvgIpc) is 2.68. The zero-order chi connectivity index (χ0) is 21.4. The van der Waals surface area contributed by atoms with Crippen LogP contribution >= 0.6 is 23.4 Å². The van der Waals surface area contributed by atoms with Crippen LogP contribution in [0.2, 0.25) is 5.02 Å². The predicted molar refractivity (Wildman–Crippen MR) is 107 cm³/mol. The van der Waals surface area contributed by atoms with E-state index in [0.717, 1.165) is 18.7 Å². The molecule has 1 N–H and O–H groups in total. The van der Waals surface area contributed by atoms with Gasteiger partial charge in [-0.2, -0.15) is 8.78 Å². The third-order valence-corrected chi connectivity index (χ3v) is 4.87. The van der Waals surface area contributed by atoms with Gasteiger partial charge in [0.1, 0.15) is 0 Å². The fraction of sp³-hybridized carbons (Fsp3) is 0.263. The molecule has 0 atom stereocenters. The maximum absolute atomic E-state index is 12.6. The van der Waals surface area contributed by atoms with Crippen LogP contribution in [-0.4, -0.2) is 38.5 Å². The van der Waals surface area contributed by atoms with Crippen LogP contribution in [0.3, 0.4) is 0 Å². The molecule has 0 aliphatic heterocycles. The Labute approximate surface area is 175 Å². The molecule has 6 nitrogen and oxygen atoms in total. The van der Waals surface area contributed by atoms with E-state index in [2.05, 4.69) is 14.8 Å². The second kappa shape index (κ2) is 10.9. The van der Waals surface area contributed by atoms with Crippen molar-refractivity contribution in [1.29, 1.82) is 0 Å². The summed E-state index contributed by atoms with van der Waals surface area (Å²) in [5, 5.41) is 3.14. The van der Waals surface area contributed by atoms with Gasteiger partial charge in [-0.15, -0.1) is 11.8 Å². The van der Waals surface area contributed by atoms with Crippen LogP contribution in [0, 0.1) is 0 Å².